The molecule has 0 aliphatic heterocycles. The Balaban J connectivity index is 2.30. The van der Waals surface area contributed by atoms with Gasteiger partial charge in [-0.25, -0.2) is 4.98 Å². The van der Waals surface area contributed by atoms with Gasteiger partial charge in [0.1, 0.15) is 5.82 Å². The molecule has 0 aliphatic carbocycles. The summed E-state index contributed by atoms with van der Waals surface area (Å²) in [4.78, 5) is 12.3. The van der Waals surface area contributed by atoms with Gasteiger partial charge in [-0.2, -0.15) is 0 Å². The van der Waals surface area contributed by atoms with Crippen LogP contribution in [0.5, 0.6) is 0 Å². The van der Waals surface area contributed by atoms with Crippen molar-refractivity contribution in [3.8, 4) is 0 Å². The average molecular weight is 285 g/mol. The number of nitrogens with one attached hydrogen (secondary N) is 1. The Hall–Kier alpha value is -2.43. The second kappa shape index (κ2) is 9.47. The van der Waals surface area contributed by atoms with E-state index in [1.54, 1.807) is 18.6 Å². The van der Waals surface area contributed by atoms with Crippen molar-refractivity contribution in [1.29, 1.82) is 0 Å². The lowest BCUT2D eigenvalue weighted by Crippen LogP contribution is -2.03. The third kappa shape index (κ3) is 7.67. The minimum atomic E-state index is 0.736. The quantitative estimate of drug-likeness (QED) is 0.569. The Kier molecular flexibility index (Phi) is 7.50. The van der Waals surface area contributed by atoms with Gasteiger partial charge in [0.05, 0.1) is 0 Å². The lowest BCUT2D eigenvalue weighted by atomic mass is 10.2. The summed E-state index contributed by atoms with van der Waals surface area (Å²) in [5.74, 6) is 0.800. The van der Waals surface area contributed by atoms with E-state index >= 15 is 0 Å². The largest absolute Gasteiger partial charge is 0.401 e. The normalized spacial score (nSPS) is 12.7. The van der Waals surface area contributed by atoms with Gasteiger partial charge in [-0.15, -0.1) is 0 Å². The van der Waals surface area contributed by atoms with Crippen LogP contribution in [0.15, 0.2) is 51.9 Å². The lowest BCUT2D eigenvalue weighted by molar-refractivity contribution is 0.817. The van der Waals surface area contributed by atoms with Crippen LogP contribution >= 0.6 is 0 Å². The van der Waals surface area contributed by atoms with E-state index in [0.29, 0.717) is 0 Å². The third-order valence-corrected chi connectivity index (χ3v) is 2.64. The van der Waals surface area contributed by atoms with Crippen molar-refractivity contribution in [3.05, 3.63) is 47.6 Å². The minimum absolute atomic E-state index is 0.736. The van der Waals surface area contributed by atoms with Crippen LogP contribution in [0.25, 0.3) is 0 Å². The molecule has 21 heavy (non-hydrogen) atoms. The molecule has 1 heterocycles. The first kappa shape index (κ1) is 16.6. The van der Waals surface area contributed by atoms with Crippen LogP contribution in [-0.2, 0) is 0 Å². The summed E-state index contributed by atoms with van der Waals surface area (Å²) < 4.78 is 0. The second-order valence-electron chi connectivity index (χ2n) is 4.72. The fourth-order valence-corrected chi connectivity index (χ4v) is 1.62. The molecule has 0 aliphatic rings. The molecule has 5 nitrogen and oxygen atoms in total. The smallest absolute Gasteiger partial charge is 0.130 e. The van der Waals surface area contributed by atoms with E-state index in [4.69, 9.17) is 5.73 Å². The van der Waals surface area contributed by atoms with Crippen LogP contribution in [0.1, 0.15) is 25.5 Å². The first-order valence-electron chi connectivity index (χ1n) is 6.89. The van der Waals surface area contributed by atoms with Gasteiger partial charge in [-0.1, -0.05) is 6.07 Å². The van der Waals surface area contributed by atoms with Crippen LogP contribution in [0, 0.1) is 6.92 Å². The summed E-state index contributed by atoms with van der Waals surface area (Å²) in [6.07, 6.45) is 6.95. The zero-order chi connectivity index (χ0) is 15.5. The van der Waals surface area contributed by atoms with Gasteiger partial charge < -0.3 is 11.1 Å². The first-order valence-corrected chi connectivity index (χ1v) is 6.89. The van der Waals surface area contributed by atoms with Crippen molar-refractivity contribution in [2.75, 3.05) is 11.9 Å². The van der Waals surface area contributed by atoms with Gasteiger partial charge in [0.2, 0.25) is 0 Å². The maximum Gasteiger partial charge on any atom is 0.130 e. The molecule has 0 saturated carbocycles. The Morgan fingerprint density at radius 2 is 2.29 bits per heavy atom. The first-order chi connectivity index (χ1) is 10.1. The molecular weight excluding hydrogens is 262 g/mol. The number of aliphatic imine (C=N–C) groups is 2. The molecule has 0 unspecified atom stereocenters. The van der Waals surface area contributed by atoms with Crippen molar-refractivity contribution in [2.45, 2.75) is 26.7 Å². The number of aryl methyl sites for hydroxylation is 1. The van der Waals surface area contributed by atoms with Crippen LogP contribution in [0.4, 0.5) is 5.82 Å². The molecule has 0 bridgehead atoms. The fraction of sp³-hybridized carbons (Fsp3) is 0.312. The van der Waals surface area contributed by atoms with Gasteiger partial charge in [-0.3, -0.25) is 9.98 Å². The fourth-order valence-electron chi connectivity index (χ4n) is 1.62. The molecule has 0 aromatic carbocycles. The highest BCUT2D eigenvalue weighted by atomic mass is 15.0. The molecule has 0 spiro atoms. The Bertz CT molecular complexity index is 543. The van der Waals surface area contributed by atoms with E-state index in [0.717, 1.165) is 42.2 Å². The molecule has 0 amide bonds. The SMILES string of the molecule is C=N/C=C(C)\C=N/CCC/C(N)=C/Nc1cccc(C)n1. The summed E-state index contributed by atoms with van der Waals surface area (Å²) in [6, 6.07) is 5.82. The van der Waals surface area contributed by atoms with Gasteiger partial charge in [0, 0.05) is 36.6 Å². The van der Waals surface area contributed by atoms with E-state index in [9.17, 15) is 0 Å². The van der Waals surface area contributed by atoms with Crippen LogP contribution < -0.4 is 11.1 Å². The Morgan fingerprint density at radius 1 is 1.48 bits per heavy atom. The highest BCUT2D eigenvalue weighted by molar-refractivity contribution is 5.77. The summed E-state index contributed by atoms with van der Waals surface area (Å²) in [5.41, 5.74) is 8.68. The van der Waals surface area contributed by atoms with Crippen molar-refractivity contribution in [1.82, 2.24) is 4.98 Å². The zero-order valence-corrected chi connectivity index (χ0v) is 12.7. The summed E-state index contributed by atoms with van der Waals surface area (Å²) in [5, 5.41) is 3.10. The molecule has 5 heteroatoms. The third-order valence-electron chi connectivity index (χ3n) is 2.64. The molecule has 112 valence electrons. The highest BCUT2D eigenvalue weighted by Crippen LogP contribution is 2.05. The molecule has 0 radical (unpaired) electrons. The van der Waals surface area contributed by atoms with Crippen LogP contribution in [0.2, 0.25) is 0 Å². The number of anilines is 1. The van der Waals surface area contributed by atoms with Crippen LogP contribution in [0.3, 0.4) is 0 Å². The van der Waals surface area contributed by atoms with E-state index in [1.165, 1.54) is 0 Å². The molecule has 1 rings (SSSR count). The number of rotatable bonds is 8. The van der Waals surface area contributed by atoms with Crippen molar-refractivity contribution < 1.29 is 0 Å². The number of aromatic nitrogens is 1. The van der Waals surface area contributed by atoms with Gasteiger partial charge in [0.25, 0.3) is 0 Å². The molecule has 0 saturated heterocycles. The number of pyridine rings is 1. The van der Waals surface area contributed by atoms with Crippen molar-refractivity contribution in [2.24, 2.45) is 15.7 Å². The highest BCUT2D eigenvalue weighted by Gasteiger charge is 1.94. The van der Waals surface area contributed by atoms with E-state index in [-0.39, 0.29) is 0 Å². The van der Waals surface area contributed by atoms with E-state index in [2.05, 4.69) is 27.0 Å². The monoisotopic (exact) mass is 285 g/mol. The predicted octanol–water partition coefficient (Wildman–Crippen LogP) is 3.06. The van der Waals surface area contributed by atoms with Gasteiger partial charge >= 0.3 is 0 Å². The molecule has 3 N–H and O–H groups in total. The molecular formula is C16H23N5. The number of allylic oxidation sites excluding steroid dienone is 2. The van der Waals surface area contributed by atoms with E-state index in [1.807, 2.05) is 32.0 Å². The van der Waals surface area contributed by atoms with Gasteiger partial charge in [-0.05, 0) is 51.1 Å². The maximum absolute atomic E-state index is 5.93. The number of nitrogens with zero attached hydrogens (tertiary/aromatic N) is 3. The van der Waals surface area contributed by atoms with Crippen molar-refractivity contribution in [3.63, 3.8) is 0 Å². The van der Waals surface area contributed by atoms with E-state index < -0.39 is 0 Å². The standard InChI is InChI=1S/C16H23N5/c1-13(10-18-3)11-19-9-5-7-15(17)12-20-16-8-4-6-14(2)21-16/h4,6,8,10-12H,3,5,7,9,17H2,1-2H3,(H,20,21)/b13-10-,15-12-,19-11-. The van der Waals surface area contributed by atoms with Gasteiger partial charge in [0.15, 0.2) is 0 Å². The number of nitrogens with two attached hydrogens (primary N) is 1. The number of hydrogen-bond acceptors (Lipinski definition) is 5. The molecule has 0 fully saturated rings. The van der Waals surface area contributed by atoms with Crippen molar-refractivity contribution >= 4 is 18.7 Å². The van der Waals surface area contributed by atoms with Crippen LogP contribution in [-0.4, -0.2) is 24.5 Å². The summed E-state index contributed by atoms with van der Waals surface area (Å²) >= 11 is 0. The average Bonchev–Trinajstić information content (AvgIpc) is 2.45. The number of hydrogen-bond donors (Lipinski definition) is 2. The summed E-state index contributed by atoms with van der Waals surface area (Å²) in [7, 11) is 0. The Morgan fingerprint density at radius 3 is 3.00 bits per heavy atom. The molecule has 1 aromatic heterocycles. The Labute approximate surface area is 126 Å². The molecule has 1 aromatic rings. The molecule has 0 atom stereocenters. The maximum atomic E-state index is 5.93. The summed E-state index contributed by atoms with van der Waals surface area (Å²) in [6.45, 7) is 8.02. The minimum Gasteiger partial charge on any atom is -0.401 e. The predicted molar refractivity (Wildman–Crippen MR) is 90.8 cm³/mol. The second-order valence-corrected chi connectivity index (χ2v) is 4.72. The zero-order valence-electron chi connectivity index (χ0n) is 12.7. The topological polar surface area (TPSA) is 75.7 Å². The lowest BCUT2D eigenvalue weighted by Gasteiger charge is -2.03.